The van der Waals surface area contributed by atoms with Gasteiger partial charge < -0.3 is 25.6 Å². The number of hydrogen-bond acceptors (Lipinski definition) is 3. The number of amides is 2. The van der Waals surface area contributed by atoms with Crippen molar-refractivity contribution >= 4 is 41.7 Å². The number of likely N-dealkylation sites (tertiary alicyclic amines) is 1. The van der Waals surface area contributed by atoms with Crippen molar-refractivity contribution in [3.63, 3.8) is 0 Å². The van der Waals surface area contributed by atoms with Gasteiger partial charge in [0.1, 0.15) is 0 Å². The molecule has 0 atom stereocenters. The van der Waals surface area contributed by atoms with Gasteiger partial charge in [0.2, 0.25) is 0 Å². The monoisotopic (exact) mass is 489 g/mol. The third-order valence-corrected chi connectivity index (χ3v) is 4.22. The lowest BCUT2D eigenvalue weighted by atomic mass is 10.2. The Morgan fingerprint density at radius 2 is 2.04 bits per heavy atom. The standard InChI is InChI=1S/C19H31N5O2.HI/c1-3-26-13-7-10-21-18(20-2)22-15-16-8-6-9-17(14-16)23-19(25)24-11-4-5-12-24;/h6,8-9,14H,3-5,7,10-13,15H2,1-2H3,(H,23,25)(H2,20,21,22);1H. The number of carbonyl (C=O) groups excluding carboxylic acids is 1. The summed E-state index contributed by atoms with van der Waals surface area (Å²) in [6, 6.07) is 7.87. The quantitative estimate of drug-likeness (QED) is 0.227. The van der Waals surface area contributed by atoms with Gasteiger partial charge in [-0.25, -0.2) is 4.79 Å². The number of nitrogens with one attached hydrogen (secondary N) is 3. The van der Waals surface area contributed by atoms with Crippen LogP contribution >= 0.6 is 24.0 Å². The molecular formula is C19H32IN5O2. The van der Waals surface area contributed by atoms with Gasteiger partial charge in [0.05, 0.1) is 0 Å². The van der Waals surface area contributed by atoms with Crippen LogP contribution in [0.3, 0.4) is 0 Å². The summed E-state index contributed by atoms with van der Waals surface area (Å²) < 4.78 is 5.32. The molecule has 27 heavy (non-hydrogen) atoms. The molecule has 1 aliphatic heterocycles. The van der Waals surface area contributed by atoms with Crippen LogP contribution in [0, 0.1) is 0 Å². The molecule has 0 unspecified atom stereocenters. The Balaban J connectivity index is 0.00000364. The third-order valence-electron chi connectivity index (χ3n) is 4.22. The number of benzene rings is 1. The SMILES string of the molecule is CCOCCCNC(=NC)NCc1cccc(NC(=O)N2CCCC2)c1.I. The maximum absolute atomic E-state index is 12.2. The molecule has 2 rings (SSSR count). The second-order valence-electron chi connectivity index (χ2n) is 6.23. The van der Waals surface area contributed by atoms with Crippen molar-refractivity contribution in [3.8, 4) is 0 Å². The van der Waals surface area contributed by atoms with Crippen LogP contribution in [-0.4, -0.2) is 56.8 Å². The Kier molecular flexibility index (Phi) is 11.8. The van der Waals surface area contributed by atoms with E-state index < -0.39 is 0 Å². The van der Waals surface area contributed by atoms with Crippen LogP contribution < -0.4 is 16.0 Å². The lowest BCUT2D eigenvalue weighted by Gasteiger charge is -2.17. The molecule has 0 aromatic heterocycles. The summed E-state index contributed by atoms with van der Waals surface area (Å²) >= 11 is 0. The van der Waals surface area contributed by atoms with Crippen molar-refractivity contribution in [1.82, 2.24) is 15.5 Å². The minimum absolute atomic E-state index is 0. The Hall–Kier alpha value is -1.55. The highest BCUT2D eigenvalue weighted by atomic mass is 127. The summed E-state index contributed by atoms with van der Waals surface area (Å²) in [4.78, 5) is 18.3. The van der Waals surface area contributed by atoms with Gasteiger partial charge in [-0.1, -0.05) is 12.1 Å². The molecule has 1 aromatic carbocycles. The molecule has 0 spiro atoms. The van der Waals surface area contributed by atoms with Gasteiger partial charge in [-0.2, -0.15) is 0 Å². The van der Waals surface area contributed by atoms with Crippen LogP contribution in [0.4, 0.5) is 10.5 Å². The van der Waals surface area contributed by atoms with E-state index in [0.29, 0.717) is 6.54 Å². The zero-order valence-corrected chi connectivity index (χ0v) is 18.6. The minimum Gasteiger partial charge on any atom is -0.382 e. The van der Waals surface area contributed by atoms with Crippen molar-refractivity contribution in [3.05, 3.63) is 29.8 Å². The van der Waals surface area contributed by atoms with E-state index in [1.54, 1.807) is 7.05 Å². The first-order valence-electron chi connectivity index (χ1n) is 9.40. The molecule has 2 amide bonds. The Morgan fingerprint density at radius 3 is 2.74 bits per heavy atom. The van der Waals surface area contributed by atoms with Crippen LogP contribution in [0.2, 0.25) is 0 Å². The van der Waals surface area contributed by atoms with Crippen molar-refractivity contribution < 1.29 is 9.53 Å². The van der Waals surface area contributed by atoms with Crippen molar-refractivity contribution in [2.75, 3.05) is 45.2 Å². The molecule has 1 fully saturated rings. The number of urea groups is 1. The first-order valence-corrected chi connectivity index (χ1v) is 9.40. The van der Waals surface area contributed by atoms with Gasteiger partial charge in [-0.05, 0) is 43.9 Å². The molecule has 0 radical (unpaired) electrons. The summed E-state index contributed by atoms with van der Waals surface area (Å²) in [6.45, 7) is 6.63. The number of carbonyl (C=O) groups is 1. The average molecular weight is 489 g/mol. The van der Waals surface area contributed by atoms with Crippen LogP contribution in [0.1, 0.15) is 31.7 Å². The molecule has 152 valence electrons. The van der Waals surface area contributed by atoms with Crippen molar-refractivity contribution in [2.24, 2.45) is 4.99 Å². The van der Waals surface area contributed by atoms with E-state index >= 15 is 0 Å². The van der Waals surface area contributed by atoms with Crippen molar-refractivity contribution in [2.45, 2.75) is 32.7 Å². The number of halogens is 1. The first-order chi connectivity index (χ1) is 12.7. The fraction of sp³-hybridized carbons (Fsp3) is 0.579. The van der Waals surface area contributed by atoms with E-state index in [9.17, 15) is 4.79 Å². The fourth-order valence-electron chi connectivity index (χ4n) is 2.81. The molecule has 0 bridgehead atoms. The fourth-order valence-corrected chi connectivity index (χ4v) is 2.81. The summed E-state index contributed by atoms with van der Waals surface area (Å²) in [5.74, 6) is 0.757. The largest absolute Gasteiger partial charge is 0.382 e. The zero-order valence-electron chi connectivity index (χ0n) is 16.3. The number of nitrogens with zero attached hydrogens (tertiary/aromatic N) is 2. The molecule has 1 saturated heterocycles. The number of hydrogen-bond donors (Lipinski definition) is 3. The molecule has 0 saturated carbocycles. The Morgan fingerprint density at radius 1 is 1.26 bits per heavy atom. The molecule has 1 heterocycles. The van der Waals surface area contributed by atoms with Crippen molar-refractivity contribution in [1.29, 1.82) is 0 Å². The molecule has 7 nitrogen and oxygen atoms in total. The number of aliphatic imine (C=N–C) groups is 1. The van der Waals surface area contributed by atoms with Crippen LogP contribution in [0.15, 0.2) is 29.3 Å². The van der Waals surface area contributed by atoms with Crippen LogP contribution in [0.5, 0.6) is 0 Å². The predicted octanol–water partition coefficient (Wildman–Crippen LogP) is 3.02. The van der Waals surface area contributed by atoms with Crippen LogP contribution in [-0.2, 0) is 11.3 Å². The molecule has 0 aliphatic carbocycles. The highest BCUT2D eigenvalue weighted by Gasteiger charge is 2.17. The molecule has 8 heteroatoms. The maximum Gasteiger partial charge on any atom is 0.321 e. The van der Waals surface area contributed by atoms with E-state index in [1.807, 2.05) is 36.1 Å². The van der Waals surface area contributed by atoms with Gasteiger partial charge in [0.25, 0.3) is 0 Å². The topological polar surface area (TPSA) is 78.0 Å². The van der Waals surface area contributed by atoms with Gasteiger partial charge in [0, 0.05) is 52.1 Å². The number of ether oxygens (including phenoxy) is 1. The number of rotatable bonds is 8. The van der Waals surface area contributed by atoms with Gasteiger partial charge in [0.15, 0.2) is 5.96 Å². The second-order valence-corrected chi connectivity index (χ2v) is 6.23. The van der Waals surface area contributed by atoms with Gasteiger partial charge >= 0.3 is 6.03 Å². The molecular weight excluding hydrogens is 457 g/mol. The normalized spacial score (nSPS) is 13.9. The molecule has 1 aromatic rings. The lowest BCUT2D eigenvalue weighted by Crippen LogP contribution is -2.37. The maximum atomic E-state index is 12.2. The molecule has 1 aliphatic rings. The van der Waals surface area contributed by atoms with Crippen LogP contribution in [0.25, 0.3) is 0 Å². The van der Waals surface area contributed by atoms with E-state index in [2.05, 4.69) is 20.9 Å². The summed E-state index contributed by atoms with van der Waals surface area (Å²) in [5, 5.41) is 9.53. The number of anilines is 1. The van der Waals surface area contributed by atoms with E-state index in [0.717, 1.165) is 69.3 Å². The lowest BCUT2D eigenvalue weighted by molar-refractivity contribution is 0.145. The molecule has 3 N–H and O–H groups in total. The second kappa shape index (κ2) is 13.6. The summed E-state index contributed by atoms with van der Waals surface area (Å²) in [5.41, 5.74) is 1.90. The van der Waals surface area contributed by atoms with E-state index in [4.69, 9.17) is 4.74 Å². The number of guanidine groups is 1. The highest BCUT2D eigenvalue weighted by molar-refractivity contribution is 14.0. The average Bonchev–Trinajstić information content (AvgIpc) is 3.19. The minimum atomic E-state index is -0.0145. The van der Waals surface area contributed by atoms with E-state index in [1.165, 1.54) is 0 Å². The highest BCUT2D eigenvalue weighted by Crippen LogP contribution is 2.14. The third kappa shape index (κ3) is 8.79. The Bertz CT molecular complexity index is 591. The van der Waals surface area contributed by atoms with E-state index in [-0.39, 0.29) is 30.0 Å². The smallest absolute Gasteiger partial charge is 0.321 e. The summed E-state index contributed by atoms with van der Waals surface area (Å²) in [7, 11) is 1.75. The van der Waals surface area contributed by atoms with Gasteiger partial charge in [-0.3, -0.25) is 4.99 Å². The first kappa shape index (κ1) is 23.5. The Labute approximate surface area is 179 Å². The summed E-state index contributed by atoms with van der Waals surface area (Å²) in [6.07, 6.45) is 3.12. The zero-order chi connectivity index (χ0) is 18.6. The predicted molar refractivity (Wildman–Crippen MR) is 121 cm³/mol. The van der Waals surface area contributed by atoms with Gasteiger partial charge in [-0.15, -0.1) is 24.0 Å².